The molecule has 1 saturated heterocycles. The van der Waals surface area contributed by atoms with Gasteiger partial charge in [0.2, 0.25) is 11.8 Å². The van der Waals surface area contributed by atoms with Crippen molar-refractivity contribution in [1.82, 2.24) is 15.3 Å². The molecule has 3 rings (SSSR count). The monoisotopic (exact) mass is 245 g/mol. The Labute approximate surface area is 105 Å². The van der Waals surface area contributed by atoms with E-state index in [2.05, 4.69) is 15.3 Å². The molecule has 2 fully saturated rings. The second-order valence-corrected chi connectivity index (χ2v) is 5.24. The number of aromatic nitrogens is 2. The minimum absolute atomic E-state index is 0.133. The first kappa shape index (κ1) is 11.3. The van der Waals surface area contributed by atoms with Crippen molar-refractivity contribution >= 4 is 11.8 Å². The summed E-state index contributed by atoms with van der Waals surface area (Å²) in [6.45, 7) is 0. The molecule has 2 aliphatic rings. The lowest BCUT2D eigenvalue weighted by Crippen LogP contribution is -2.46. The Morgan fingerprint density at radius 2 is 1.83 bits per heavy atom. The van der Waals surface area contributed by atoms with Gasteiger partial charge in [-0.05, 0) is 24.3 Å². The van der Waals surface area contributed by atoms with E-state index in [9.17, 15) is 9.59 Å². The highest BCUT2D eigenvalue weighted by atomic mass is 16.2. The van der Waals surface area contributed by atoms with E-state index in [1.54, 1.807) is 18.5 Å². The van der Waals surface area contributed by atoms with Gasteiger partial charge in [-0.15, -0.1) is 0 Å². The molecule has 0 bridgehead atoms. The number of hydrogen-bond acceptors (Lipinski definition) is 4. The number of rotatable bonds is 1. The predicted octanol–water partition coefficient (Wildman–Crippen LogP) is 1.17. The smallest absolute Gasteiger partial charge is 0.227 e. The maximum absolute atomic E-state index is 11.6. The molecule has 1 N–H and O–H groups in total. The van der Waals surface area contributed by atoms with Crippen molar-refractivity contribution in [3.63, 3.8) is 0 Å². The quantitative estimate of drug-likeness (QED) is 0.754. The summed E-state index contributed by atoms with van der Waals surface area (Å²) in [6, 6.07) is 1.78. The lowest BCUT2D eigenvalue weighted by molar-refractivity contribution is -0.138. The van der Waals surface area contributed by atoms with Crippen LogP contribution in [-0.4, -0.2) is 21.8 Å². The Balaban J connectivity index is 1.95. The molecule has 0 radical (unpaired) electrons. The second-order valence-electron chi connectivity index (χ2n) is 5.24. The Morgan fingerprint density at radius 1 is 1.17 bits per heavy atom. The maximum atomic E-state index is 11.6. The van der Waals surface area contributed by atoms with Gasteiger partial charge in [0.25, 0.3) is 0 Å². The molecule has 5 nitrogen and oxygen atoms in total. The van der Waals surface area contributed by atoms with E-state index in [4.69, 9.17) is 0 Å². The van der Waals surface area contributed by atoms with Crippen LogP contribution >= 0.6 is 0 Å². The van der Waals surface area contributed by atoms with E-state index < -0.39 is 0 Å². The lowest BCUT2D eigenvalue weighted by atomic mass is 9.70. The van der Waals surface area contributed by atoms with Crippen molar-refractivity contribution in [3.8, 4) is 0 Å². The molecular formula is C13H15N3O2. The number of amides is 2. The molecule has 18 heavy (non-hydrogen) atoms. The van der Waals surface area contributed by atoms with Gasteiger partial charge < -0.3 is 0 Å². The van der Waals surface area contributed by atoms with Crippen molar-refractivity contribution in [3.05, 3.63) is 24.3 Å². The normalized spacial score (nSPS) is 26.3. The van der Waals surface area contributed by atoms with Gasteiger partial charge in [-0.3, -0.25) is 14.9 Å². The third-order valence-electron chi connectivity index (χ3n) is 4.11. The van der Waals surface area contributed by atoms with Crippen LogP contribution in [-0.2, 0) is 9.59 Å². The molecule has 2 heterocycles. The van der Waals surface area contributed by atoms with Gasteiger partial charge in [-0.25, -0.2) is 9.97 Å². The van der Waals surface area contributed by atoms with E-state index in [1.807, 2.05) is 0 Å². The first-order chi connectivity index (χ1) is 8.70. The van der Waals surface area contributed by atoms with Crippen molar-refractivity contribution in [1.29, 1.82) is 0 Å². The van der Waals surface area contributed by atoms with E-state index in [1.165, 1.54) is 0 Å². The molecule has 0 aromatic carbocycles. The zero-order valence-corrected chi connectivity index (χ0v) is 10.1. The van der Waals surface area contributed by atoms with Crippen LogP contribution in [0.1, 0.15) is 43.8 Å². The Morgan fingerprint density at radius 3 is 2.50 bits per heavy atom. The highest BCUT2D eigenvalue weighted by molar-refractivity contribution is 5.98. The minimum Gasteiger partial charge on any atom is -0.296 e. The Hall–Kier alpha value is -1.78. The molecule has 1 unspecified atom stereocenters. The van der Waals surface area contributed by atoms with E-state index in [0.29, 0.717) is 12.8 Å². The molecule has 1 aliphatic heterocycles. The summed E-state index contributed by atoms with van der Waals surface area (Å²) >= 11 is 0. The number of nitrogens with one attached hydrogen (secondary N) is 1. The van der Waals surface area contributed by atoms with Gasteiger partial charge in [-0.1, -0.05) is 6.42 Å². The fourth-order valence-electron chi connectivity index (χ4n) is 3.40. The number of hydrogen-bond donors (Lipinski definition) is 1. The van der Waals surface area contributed by atoms with Crippen molar-refractivity contribution in [2.24, 2.45) is 5.41 Å². The fourth-order valence-corrected chi connectivity index (χ4v) is 3.40. The van der Waals surface area contributed by atoms with Crippen molar-refractivity contribution in [2.75, 3.05) is 0 Å². The minimum atomic E-state index is -0.249. The summed E-state index contributed by atoms with van der Waals surface area (Å²) in [6.07, 6.45) is 7.19. The van der Waals surface area contributed by atoms with Crippen molar-refractivity contribution < 1.29 is 9.59 Å². The third kappa shape index (κ3) is 1.79. The van der Waals surface area contributed by atoms with Gasteiger partial charge in [0.1, 0.15) is 5.82 Å². The number of imide groups is 1. The van der Waals surface area contributed by atoms with Gasteiger partial charge in [0.05, 0.1) is 0 Å². The highest BCUT2D eigenvalue weighted by Crippen LogP contribution is 2.53. The van der Waals surface area contributed by atoms with E-state index in [-0.39, 0.29) is 23.1 Å². The standard InChI is InChI=1S/C13H15N3O2/c17-10-7-13(8-11(18)16-10)4-1-3-9(13)12-14-5-2-6-15-12/h2,5-6,9H,1,3-4,7-8H2,(H,16,17,18). The van der Waals surface area contributed by atoms with Crippen LogP contribution in [0, 0.1) is 5.41 Å². The first-order valence-corrected chi connectivity index (χ1v) is 6.29. The number of nitrogens with zero attached hydrogens (tertiary/aromatic N) is 2. The third-order valence-corrected chi connectivity index (χ3v) is 4.11. The maximum Gasteiger partial charge on any atom is 0.227 e. The summed E-state index contributed by atoms with van der Waals surface area (Å²) in [7, 11) is 0. The molecule has 5 heteroatoms. The SMILES string of the molecule is O=C1CC2(CCCC2c2ncccn2)CC(=O)N1. The van der Waals surface area contributed by atoms with Crippen LogP contribution in [0.15, 0.2) is 18.5 Å². The van der Waals surface area contributed by atoms with Gasteiger partial charge in [0, 0.05) is 31.2 Å². The van der Waals surface area contributed by atoms with E-state index in [0.717, 1.165) is 25.1 Å². The molecule has 1 spiro atoms. The van der Waals surface area contributed by atoms with Crippen molar-refractivity contribution in [2.45, 2.75) is 38.0 Å². The number of carbonyl (C=O) groups is 2. The molecule has 1 saturated carbocycles. The topological polar surface area (TPSA) is 72.0 Å². The average Bonchev–Trinajstić information content (AvgIpc) is 2.71. The van der Waals surface area contributed by atoms with Gasteiger partial charge >= 0.3 is 0 Å². The predicted molar refractivity (Wildman–Crippen MR) is 63.4 cm³/mol. The first-order valence-electron chi connectivity index (χ1n) is 6.29. The summed E-state index contributed by atoms with van der Waals surface area (Å²) < 4.78 is 0. The molecule has 1 aromatic heterocycles. The zero-order chi connectivity index (χ0) is 12.6. The van der Waals surface area contributed by atoms with Crippen LogP contribution in [0.3, 0.4) is 0 Å². The largest absolute Gasteiger partial charge is 0.296 e. The summed E-state index contributed by atoms with van der Waals surface area (Å²) in [5.74, 6) is 0.592. The van der Waals surface area contributed by atoms with Crippen LogP contribution in [0.4, 0.5) is 0 Å². The van der Waals surface area contributed by atoms with Gasteiger partial charge in [0.15, 0.2) is 0 Å². The number of carbonyl (C=O) groups excluding carboxylic acids is 2. The average molecular weight is 245 g/mol. The fraction of sp³-hybridized carbons (Fsp3) is 0.538. The van der Waals surface area contributed by atoms with E-state index >= 15 is 0 Å². The lowest BCUT2D eigenvalue weighted by Gasteiger charge is -2.36. The van der Waals surface area contributed by atoms with Gasteiger partial charge in [-0.2, -0.15) is 0 Å². The van der Waals surface area contributed by atoms with Crippen LogP contribution < -0.4 is 5.32 Å². The Kier molecular flexibility index (Phi) is 2.61. The Bertz CT molecular complexity index is 470. The zero-order valence-electron chi connectivity index (χ0n) is 10.1. The summed E-state index contributed by atoms with van der Waals surface area (Å²) in [5.41, 5.74) is -0.249. The molecule has 94 valence electrons. The van der Waals surface area contributed by atoms with Crippen LogP contribution in [0.2, 0.25) is 0 Å². The van der Waals surface area contributed by atoms with Crippen LogP contribution in [0.25, 0.3) is 0 Å². The molecule has 1 aromatic rings. The molecule has 1 aliphatic carbocycles. The highest BCUT2D eigenvalue weighted by Gasteiger charge is 2.49. The second kappa shape index (κ2) is 4.15. The molecule has 1 atom stereocenters. The molecular weight excluding hydrogens is 230 g/mol. The van der Waals surface area contributed by atoms with Crippen LogP contribution in [0.5, 0.6) is 0 Å². The summed E-state index contributed by atoms with van der Waals surface area (Å²) in [4.78, 5) is 31.9. The number of piperidine rings is 1. The molecule has 2 amide bonds. The summed E-state index contributed by atoms with van der Waals surface area (Å²) in [5, 5.41) is 2.38.